The maximum atomic E-state index is 13.6. The molecule has 0 spiro atoms. The van der Waals surface area contributed by atoms with E-state index in [1.807, 2.05) is 0 Å². The van der Waals surface area contributed by atoms with Gasteiger partial charge in [-0.15, -0.1) is 11.3 Å². The number of ether oxygens (including phenoxy) is 1. The van der Waals surface area contributed by atoms with Crippen LogP contribution in [0.25, 0.3) is 11.1 Å². The number of fused-ring (bicyclic) bond motifs is 1. The smallest absolute Gasteiger partial charge is 0.339 e. The van der Waals surface area contributed by atoms with E-state index in [0.29, 0.717) is 23.6 Å². The number of carbonyl (C=O) groups excluding carboxylic acids is 1. The van der Waals surface area contributed by atoms with E-state index >= 15 is 0 Å². The van der Waals surface area contributed by atoms with Gasteiger partial charge in [-0.05, 0) is 29.8 Å². The van der Waals surface area contributed by atoms with Gasteiger partial charge >= 0.3 is 5.97 Å². The number of amides is 1. The number of anilines is 2. The monoisotopic (exact) mass is 434 g/mol. The van der Waals surface area contributed by atoms with Crippen molar-refractivity contribution >= 4 is 33.9 Å². The molecule has 1 amide bonds. The number of para-hydroxylation sites is 2. The van der Waals surface area contributed by atoms with Gasteiger partial charge in [0.05, 0.1) is 5.69 Å². The predicted octanol–water partition coefficient (Wildman–Crippen LogP) is 4.32. The molecule has 10 heteroatoms. The van der Waals surface area contributed by atoms with Crippen LogP contribution in [-0.4, -0.2) is 30.3 Å². The van der Waals surface area contributed by atoms with Gasteiger partial charge in [-0.2, -0.15) is 0 Å². The second-order valence-corrected chi connectivity index (χ2v) is 7.33. The van der Waals surface area contributed by atoms with E-state index in [9.17, 15) is 27.9 Å². The van der Waals surface area contributed by atoms with Crippen molar-refractivity contribution in [2.75, 3.05) is 17.3 Å². The van der Waals surface area contributed by atoms with E-state index in [4.69, 9.17) is 4.74 Å². The summed E-state index contributed by atoms with van der Waals surface area (Å²) in [7, 11) is 1.65. The first-order chi connectivity index (χ1) is 14.3. The van der Waals surface area contributed by atoms with Crippen LogP contribution in [0.1, 0.15) is 10.4 Å². The summed E-state index contributed by atoms with van der Waals surface area (Å²) in [5, 5.41) is 13.4. The fourth-order valence-electron chi connectivity index (χ4n) is 3.16. The lowest BCUT2D eigenvalue weighted by Gasteiger charge is -2.19. The largest absolute Gasteiger partial charge is 0.478 e. The van der Waals surface area contributed by atoms with E-state index < -0.39 is 35.6 Å². The molecule has 1 aliphatic heterocycles. The Hall–Kier alpha value is -3.53. The first kappa shape index (κ1) is 19.8. The molecule has 2 heterocycles. The van der Waals surface area contributed by atoms with Crippen LogP contribution in [0.4, 0.5) is 23.9 Å². The number of carbonyl (C=O) groups is 2. The molecule has 0 saturated carbocycles. The Kier molecular flexibility index (Phi) is 4.86. The number of carboxylic acids is 1. The zero-order valence-electron chi connectivity index (χ0n) is 15.3. The molecule has 0 aliphatic carbocycles. The second-order valence-electron chi connectivity index (χ2n) is 6.45. The topological polar surface area (TPSA) is 78.9 Å². The highest BCUT2D eigenvalue weighted by Gasteiger charge is 2.35. The number of nitrogens with one attached hydrogen (secondary N) is 1. The number of benzene rings is 2. The van der Waals surface area contributed by atoms with E-state index in [1.54, 1.807) is 36.2 Å². The van der Waals surface area contributed by atoms with Crippen molar-refractivity contribution < 1.29 is 32.6 Å². The van der Waals surface area contributed by atoms with E-state index in [0.717, 1.165) is 11.3 Å². The van der Waals surface area contributed by atoms with Gasteiger partial charge in [0.1, 0.15) is 16.3 Å². The standard InChI is InChI=1S/C20H13F3N2O4S/c1-25-13-4-2-3-5-14(13)29-19(25)17(26)24-18-15(20(27)28)10(8-30-18)9-6-11(21)16(23)12(22)7-9/h2-8,19H,1H3,(H,24,26)(H,27,28). The van der Waals surface area contributed by atoms with Crippen molar-refractivity contribution in [3.8, 4) is 16.9 Å². The molecular weight excluding hydrogens is 421 g/mol. The van der Waals surface area contributed by atoms with Crippen molar-refractivity contribution in [3.63, 3.8) is 0 Å². The molecule has 4 rings (SSSR count). The number of nitrogens with zero attached hydrogens (tertiary/aromatic N) is 1. The fourth-order valence-corrected chi connectivity index (χ4v) is 4.13. The third-order valence-corrected chi connectivity index (χ3v) is 5.49. The number of aromatic carboxylic acids is 1. The van der Waals surface area contributed by atoms with Gasteiger partial charge in [0, 0.05) is 18.0 Å². The molecule has 1 atom stereocenters. The zero-order valence-corrected chi connectivity index (χ0v) is 16.1. The van der Waals surface area contributed by atoms with Crippen LogP contribution in [0, 0.1) is 17.5 Å². The number of rotatable bonds is 4. The molecular formula is C20H13F3N2O4S. The van der Waals surface area contributed by atoms with Crippen LogP contribution in [0.15, 0.2) is 41.8 Å². The molecule has 1 aliphatic rings. The Labute approximate surface area is 172 Å². The summed E-state index contributed by atoms with van der Waals surface area (Å²) in [5.41, 5.74) is 0.115. The van der Waals surface area contributed by atoms with Crippen LogP contribution < -0.4 is 15.0 Å². The average Bonchev–Trinajstić information content (AvgIpc) is 3.27. The fraction of sp³-hybridized carbons (Fsp3) is 0.100. The Bertz CT molecular complexity index is 1160. The molecule has 0 fully saturated rings. The summed E-state index contributed by atoms with van der Waals surface area (Å²) in [6.45, 7) is 0. The highest BCUT2D eigenvalue weighted by atomic mass is 32.1. The summed E-state index contributed by atoms with van der Waals surface area (Å²) < 4.78 is 46.1. The summed E-state index contributed by atoms with van der Waals surface area (Å²) in [6.07, 6.45) is -1.03. The summed E-state index contributed by atoms with van der Waals surface area (Å²) in [5.74, 6) is -6.09. The van der Waals surface area contributed by atoms with E-state index in [-0.39, 0.29) is 21.7 Å². The van der Waals surface area contributed by atoms with Crippen LogP contribution in [0.2, 0.25) is 0 Å². The van der Waals surface area contributed by atoms with Crippen LogP contribution in [-0.2, 0) is 4.79 Å². The van der Waals surface area contributed by atoms with Crippen molar-refractivity contribution in [3.05, 3.63) is 64.8 Å². The van der Waals surface area contributed by atoms with E-state index in [2.05, 4.69) is 5.32 Å². The third kappa shape index (κ3) is 3.24. The molecule has 30 heavy (non-hydrogen) atoms. The summed E-state index contributed by atoms with van der Waals surface area (Å²) in [4.78, 5) is 26.1. The molecule has 0 radical (unpaired) electrons. The number of likely N-dealkylation sites (N-methyl/N-ethyl adjacent to an activating group) is 1. The molecule has 6 nitrogen and oxygen atoms in total. The van der Waals surface area contributed by atoms with Gasteiger partial charge in [-0.1, -0.05) is 12.1 Å². The maximum absolute atomic E-state index is 13.6. The van der Waals surface area contributed by atoms with Crippen LogP contribution in [0.5, 0.6) is 5.75 Å². The second kappa shape index (κ2) is 7.38. The first-order valence-electron chi connectivity index (χ1n) is 8.57. The highest BCUT2D eigenvalue weighted by Crippen LogP contribution is 2.39. The molecule has 0 saturated heterocycles. The first-order valence-corrected chi connectivity index (χ1v) is 9.45. The SMILES string of the molecule is CN1c2ccccc2OC1C(=O)Nc1scc(-c2cc(F)c(F)c(F)c2)c1C(=O)O. The molecule has 1 aromatic heterocycles. The number of hydrogen-bond acceptors (Lipinski definition) is 5. The van der Waals surface area contributed by atoms with Gasteiger partial charge in [0.15, 0.2) is 17.5 Å². The van der Waals surface area contributed by atoms with Crippen LogP contribution in [0.3, 0.4) is 0 Å². The molecule has 2 N–H and O–H groups in total. The van der Waals surface area contributed by atoms with Gasteiger partial charge in [0.25, 0.3) is 12.1 Å². The lowest BCUT2D eigenvalue weighted by Crippen LogP contribution is -2.42. The number of thiophene rings is 1. The minimum atomic E-state index is -1.65. The number of carboxylic acid groups (broad SMARTS) is 1. The van der Waals surface area contributed by atoms with E-state index in [1.165, 1.54) is 5.38 Å². The number of hydrogen-bond donors (Lipinski definition) is 2. The molecule has 3 aromatic rings. The third-order valence-electron chi connectivity index (χ3n) is 4.60. The predicted molar refractivity (Wildman–Crippen MR) is 104 cm³/mol. The van der Waals surface area contributed by atoms with Gasteiger partial charge in [0.2, 0.25) is 0 Å². The number of halogens is 3. The van der Waals surface area contributed by atoms with Gasteiger partial charge in [-0.3, -0.25) is 4.79 Å². The van der Waals surface area contributed by atoms with Crippen molar-refractivity contribution in [1.29, 1.82) is 0 Å². The Balaban J connectivity index is 1.65. The molecule has 154 valence electrons. The minimum Gasteiger partial charge on any atom is -0.478 e. The van der Waals surface area contributed by atoms with Crippen molar-refractivity contribution in [2.45, 2.75) is 6.23 Å². The molecule has 0 bridgehead atoms. The Morgan fingerprint density at radius 3 is 2.47 bits per heavy atom. The molecule has 2 aromatic carbocycles. The molecule has 1 unspecified atom stereocenters. The summed E-state index contributed by atoms with van der Waals surface area (Å²) in [6, 6.07) is 8.40. The minimum absolute atomic E-state index is 0.0411. The van der Waals surface area contributed by atoms with Gasteiger partial charge < -0.3 is 20.1 Å². The van der Waals surface area contributed by atoms with Crippen LogP contribution >= 0.6 is 11.3 Å². The lowest BCUT2D eigenvalue weighted by atomic mass is 10.0. The van der Waals surface area contributed by atoms with Gasteiger partial charge in [-0.25, -0.2) is 18.0 Å². The quantitative estimate of drug-likeness (QED) is 0.598. The maximum Gasteiger partial charge on any atom is 0.339 e. The van der Waals surface area contributed by atoms with Crippen molar-refractivity contribution in [1.82, 2.24) is 0 Å². The van der Waals surface area contributed by atoms with Crippen molar-refractivity contribution in [2.24, 2.45) is 0 Å². The summed E-state index contributed by atoms with van der Waals surface area (Å²) >= 11 is 0.862. The Morgan fingerprint density at radius 2 is 1.83 bits per heavy atom. The zero-order chi connectivity index (χ0) is 21.6. The highest BCUT2D eigenvalue weighted by molar-refractivity contribution is 7.15. The normalized spacial score (nSPS) is 14.9. The lowest BCUT2D eigenvalue weighted by molar-refractivity contribution is -0.121. The Morgan fingerprint density at radius 1 is 1.17 bits per heavy atom. The average molecular weight is 434 g/mol.